The van der Waals surface area contributed by atoms with E-state index in [0.717, 1.165) is 17.2 Å². The van der Waals surface area contributed by atoms with Gasteiger partial charge < -0.3 is 20.8 Å². The highest BCUT2D eigenvalue weighted by molar-refractivity contribution is 5.83. The lowest BCUT2D eigenvalue weighted by molar-refractivity contribution is 0.443. The second kappa shape index (κ2) is 9.71. The number of benzene rings is 2. The lowest BCUT2D eigenvalue weighted by Gasteiger charge is -2.09. The number of nitrogens with one attached hydrogen (secondary N) is 2. The van der Waals surface area contributed by atoms with E-state index in [1.54, 1.807) is 30.5 Å². The third-order valence-corrected chi connectivity index (χ3v) is 4.41. The fraction of sp³-hybridized carbons (Fsp3) is 0.130. The van der Waals surface area contributed by atoms with Crippen LogP contribution in [0.5, 0.6) is 5.75 Å². The van der Waals surface area contributed by atoms with Crippen LogP contribution in [0.3, 0.4) is 0 Å². The van der Waals surface area contributed by atoms with Crippen LogP contribution in [-0.2, 0) is 13.0 Å². The zero-order valence-corrected chi connectivity index (χ0v) is 15.9. The molecular weight excluding hydrogens is 372 g/mol. The zero-order valence-electron chi connectivity index (χ0n) is 15.9. The van der Waals surface area contributed by atoms with Crippen LogP contribution in [0.4, 0.5) is 8.78 Å². The molecule has 150 valence electrons. The maximum Gasteiger partial charge on any atom is 0.182 e. The Balaban J connectivity index is 1.57. The first-order valence-corrected chi connectivity index (χ1v) is 9.25. The normalized spacial score (nSPS) is 12.0. The summed E-state index contributed by atoms with van der Waals surface area (Å²) in [6.07, 6.45) is 8.83. The van der Waals surface area contributed by atoms with Crippen LogP contribution in [0.15, 0.2) is 79.4 Å². The van der Waals surface area contributed by atoms with Crippen LogP contribution in [0, 0.1) is 11.6 Å². The summed E-state index contributed by atoms with van der Waals surface area (Å²) in [6, 6.07) is 10.5. The molecule has 4 N–H and O–H groups in total. The monoisotopic (exact) mass is 395 g/mol. The summed E-state index contributed by atoms with van der Waals surface area (Å²) in [4.78, 5) is 2.82. The number of hydrogen-bond donors (Lipinski definition) is 3. The van der Waals surface area contributed by atoms with Gasteiger partial charge in [-0.15, -0.1) is 0 Å². The van der Waals surface area contributed by atoms with Crippen LogP contribution in [-0.4, -0.2) is 11.5 Å². The Morgan fingerprint density at radius 2 is 2.10 bits per heavy atom. The Labute approximate surface area is 168 Å². The van der Waals surface area contributed by atoms with Crippen LogP contribution >= 0.6 is 0 Å². The molecule has 0 aliphatic carbocycles. The van der Waals surface area contributed by atoms with E-state index in [2.05, 4.69) is 16.9 Å². The van der Waals surface area contributed by atoms with E-state index in [1.807, 2.05) is 24.3 Å². The van der Waals surface area contributed by atoms with E-state index in [0.29, 0.717) is 36.4 Å². The second-order valence-corrected chi connectivity index (χ2v) is 6.44. The largest absolute Gasteiger partial charge is 0.457 e. The number of allylic oxidation sites excluding steroid dienone is 3. The van der Waals surface area contributed by atoms with Gasteiger partial charge in [0.05, 0.1) is 5.52 Å². The maximum atomic E-state index is 13.8. The third kappa shape index (κ3) is 5.12. The molecule has 0 aliphatic rings. The van der Waals surface area contributed by atoms with Crippen LogP contribution < -0.4 is 15.8 Å². The molecule has 6 heteroatoms. The predicted octanol–water partition coefficient (Wildman–Crippen LogP) is 4.70. The summed E-state index contributed by atoms with van der Waals surface area (Å²) in [5.74, 6) is -0.396. The summed E-state index contributed by atoms with van der Waals surface area (Å²) in [7, 11) is 0. The van der Waals surface area contributed by atoms with Gasteiger partial charge in [0, 0.05) is 18.1 Å². The molecule has 0 spiro atoms. The molecule has 0 amide bonds. The molecule has 0 bridgehead atoms. The average molecular weight is 395 g/mol. The number of aromatic nitrogens is 1. The van der Waals surface area contributed by atoms with Crippen molar-refractivity contribution in [2.45, 2.75) is 13.0 Å². The smallest absolute Gasteiger partial charge is 0.182 e. The Kier molecular flexibility index (Phi) is 6.81. The van der Waals surface area contributed by atoms with E-state index in [9.17, 15) is 8.78 Å². The fourth-order valence-corrected chi connectivity index (χ4v) is 3.05. The summed E-state index contributed by atoms with van der Waals surface area (Å²) in [6.45, 7) is 5.00. The molecule has 4 nitrogen and oxygen atoms in total. The first-order chi connectivity index (χ1) is 14.1. The predicted molar refractivity (Wildman–Crippen MR) is 112 cm³/mol. The van der Waals surface area contributed by atoms with Gasteiger partial charge in [-0.3, -0.25) is 0 Å². The molecule has 1 heterocycles. The fourth-order valence-electron chi connectivity index (χ4n) is 3.05. The molecule has 3 rings (SSSR count). The van der Waals surface area contributed by atoms with Gasteiger partial charge in [-0.1, -0.05) is 24.8 Å². The van der Waals surface area contributed by atoms with Crippen molar-refractivity contribution >= 4 is 10.9 Å². The number of H-pyrrole nitrogens is 1. The standard InChI is InChI=1S/C23H23F2N3O/c1-2-4-18(9-11-26)29-19-6-3-5-16(13-19)14-27-12-10-17-15-28-23-20(17)7-8-21(24)22(23)25/h2-9,11,13,15,27-28H,1,10,12,14,26H2/b11-9-,18-4+. The lowest BCUT2D eigenvalue weighted by atomic mass is 10.1. The molecule has 0 fully saturated rings. The van der Waals surface area contributed by atoms with Gasteiger partial charge in [0.1, 0.15) is 11.5 Å². The van der Waals surface area contributed by atoms with Crippen molar-refractivity contribution in [3.8, 4) is 5.75 Å². The van der Waals surface area contributed by atoms with Crippen molar-refractivity contribution in [3.63, 3.8) is 0 Å². The molecule has 1 aromatic heterocycles. The van der Waals surface area contributed by atoms with Crippen molar-refractivity contribution < 1.29 is 13.5 Å². The van der Waals surface area contributed by atoms with E-state index < -0.39 is 11.6 Å². The van der Waals surface area contributed by atoms with Crippen molar-refractivity contribution in [2.24, 2.45) is 5.73 Å². The summed E-state index contributed by atoms with van der Waals surface area (Å²) >= 11 is 0. The molecule has 0 aliphatic heterocycles. The highest BCUT2D eigenvalue weighted by atomic mass is 19.2. The highest BCUT2D eigenvalue weighted by Gasteiger charge is 2.11. The van der Waals surface area contributed by atoms with Gasteiger partial charge in [-0.2, -0.15) is 0 Å². The molecule has 0 unspecified atom stereocenters. The number of aromatic amines is 1. The average Bonchev–Trinajstić information content (AvgIpc) is 3.12. The quantitative estimate of drug-likeness (QED) is 0.280. The van der Waals surface area contributed by atoms with Gasteiger partial charge in [-0.05, 0) is 66.7 Å². The number of ether oxygens (including phenoxy) is 1. The van der Waals surface area contributed by atoms with E-state index >= 15 is 0 Å². The Hall–Kier alpha value is -3.38. The molecule has 0 radical (unpaired) electrons. The van der Waals surface area contributed by atoms with E-state index in [1.165, 1.54) is 6.20 Å². The van der Waals surface area contributed by atoms with Crippen LogP contribution in [0.2, 0.25) is 0 Å². The van der Waals surface area contributed by atoms with Crippen molar-refractivity contribution in [3.05, 3.63) is 102 Å². The first kappa shape index (κ1) is 20.4. The summed E-state index contributed by atoms with van der Waals surface area (Å²) < 4.78 is 32.9. The van der Waals surface area contributed by atoms with Crippen molar-refractivity contribution in [2.75, 3.05) is 6.54 Å². The van der Waals surface area contributed by atoms with Gasteiger partial charge in [-0.25, -0.2) is 8.78 Å². The topological polar surface area (TPSA) is 63.1 Å². The van der Waals surface area contributed by atoms with Gasteiger partial charge in [0.2, 0.25) is 0 Å². The molecular formula is C23H23F2N3O. The number of halogens is 2. The summed E-state index contributed by atoms with van der Waals surface area (Å²) in [5.41, 5.74) is 7.64. The van der Waals surface area contributed by atoms with Gasteiger partial charge in [0.15, 0.2) is 11.6 Å². The zero-order chi connectivity index (χ0) is 20.6. The maximum absolute atomic E-state index is 13.8. The Morgan fingerprint density at radius 3 is 2.90 bits per heavy atom. The number of nitrogens with two attached hydrogens (primary N) is 1. The van der Waals surface area contributed by atoms with E-state index in [-0.39, 0.29) is 5.52 Å². The minimum Gasteiger partial charge on any atom is -0.457 e. The first-order valence-electron chi connectivity index (χ1n) is 9.25. The number of hydrogen-bond acceptors (Lipinski definition) is 3. The van der Waals surface area contributed by atoms with Crippen LogP contribution in [0.1, 0.15) is 11.1 Å². The van der Waals surface area contributed by atoms with E-state index in [4.69, 9.17) is 10.5 Å². The molecule has 0 saturated heterocycles. The van der Waals surface area contributed by atoms with Crippen molar-refractivity contribution in [1.29, 1.82) is 0 Å². The van der Waals surface area contributed by atoms with Gasteiger partial charge >= 0.3 is 0 Å². The van der Waals surface area contributed by atoms with Gasteiger partial charge in [0.25, 0.3) is 0 Å². The molecule has 2 aromatic carbocycles. The molecule has 0 atom stereocenters. The molecule has 29 heavy (non-hydrogen) atoms. The summed E-state index contributed by atoms with van der Waals surface area (Å²) in [5, 5.41) is 4.06. The number of rotatable bonds is 9. The lowest BCUT2D eigenvalue weighted by Crippen LogP contribution is -2.16. The highest BCUT2D eigenvalue weighted by Crippen LogP contribution is 2.23. The Morgan fingerprint density at radius 1 is 1.24 bits per heavy atom. The SMILES string of the molecule is C=C/C=C(\C=C/N)Oc1cccc(CNCCc2c[nH]c3c(F)c(F)ccc23)c1. The Bertz CT molecular complexity index is 1050. The molecule has 3 aromatic rings. The second-order valence-electron chi connectivity index (χ2n) is 6.44. The minimum absolute atomic E-state index is 0.208. The number of fused-ring (bicyclic) bond motifs is 1. The minimum atomic E-state index is -0.848. The third-order valence-electron chi connectivity index (χ3n) is 4.41. The van der Waals surface area contributed by atoms with Crippen molar-refractivity contribution in [1.82, 2.24) is 10.3 Å². The van der Waals surface area contributed by atoms with Crippen LogP contribution in [0.25, 0.3) is 10.9 Å². The molecule has 0 saturated carbocycles.